The number of aromatic nitrogens is 2. The molecule has 2 N–H and O–H groups in total. The van der Waals surface area contributed by atoms with E-state index in [0.29, 0.717) is 34.0 Å². The molecule has 0 fully saturated rings. The van der Waals surface area contributed by atoms with Gasteiger partial charge >= 0.3 is 0 Å². The van der Waals surface area contributed by atoms with Gasteiger partial charge in [0.1, 0.15) is 23.7 Å². The lowest BCUT2D eigenvalue weighted by atomic mass is 10.1. The van der Waals surface area contributed by atoms with Gasteiger partial charge in [-0.25, -0.2) is 14.4 Å². The molecule has 0 aliphatic heterocycles. The summed E-state index contributed by atoms with van der Waals surface area (Å²) in [6.45, 7) is 0.383. The Kier molecular flexibility index (Phi) is 4.95. The molecule has 4 aromatic rings. The number of nitrogens with two attached hydrogens (primary N) is 1. The molecule has 5 nitrogen and oxygen atoms in total. The minimum absolute atomic E-state index is 0.0560. The van der Waals surface area contributed by atoms with Crippen molar-refractivity contribution >= 4 is 49.9 Å². The van der Waals surface area contributed by atoms with Crippen molar-refractivity contribution < 1.29 is 8.81 Å². The number of nitrogen functional groups attached to an aromatic ring is 1. The summed E-state index contributed by atoms with van der Waals surface area (Å²) in [6.07, 6.45) is 1.44. The van der Waals surface area contributed by atoms with Gasteiger partial charge in [-0.05, 0) is 58.4 Å². The number of nitrogens with zero attached hydrogens (tertiary/aromatic N) is 3. The quantitative estimate of drug-likeness (QED) is 0.397. The lowest BCUT2D eigenvalue weighted by molar-refractivity contribution is 0.518. The fourth-order valence-electron chi connectivity index (χ4n) is 2.98. The Morgan fingerprint density at radius 2 is 2.00 bits per heavy atom. The highest BCUT2D eigenvalue weighted by molar-refractivity contribution is 9.10. The van der Waals surface area contributed by atoms with Crippen molar-refractivity contribution in [3.8, 4) is 11.3 Å². The molecule has 142 valence electrons. The van der Waals surface area contributed by atoms with E-state index in [1.54, 1.807) is 24.1 Å². The normalized spacial score (nSPS) is 11.1. The van der Waals surface area contributed by atoms with Crippen LogP contribution in [0.2, 0.25) is 5.02 Å². The van der Waals surface area contributed by atoms with E-state index < -0.39 is 5.82 Å². The van der Waals surface area contributed by atoms with Crippen molar-refractivity contribution in [3.63, 3.8) is 0 Å². The Morgan fingerprint density at radius 1 is 1.18 bits per heavy atom. The standard InChI is InChI=1S/C20H15BrClFN4O/c1-27(16-6-4-14(21)18(22)19(16)23)9-12-3-7-17(28-12)11-2-5-15-13(8-11)20(24)26-10-25-15/h2-8,10H,9H2,1H3,(H2,24,25,26). The lowest BCUT2D eigenvalue weighted by Crippen LogP contribution is -2.17. The molecule has 0 aliphatic rings. The van der Waals surface area contributed by atoms with Crippen molar-refractivity contribution in [1.82, 2.24) is 9.97 Å². The van der Waals surface area contributed by atoms with Crippen LogP contribution in [0.25, 0.3) is 22.2 Å². The first kappa shape index (κ1) is 18.7. The molecule has 0 atom stereocenters. The van der Waals surface area contributed by atoms with E-state index in [1.165, 1.54) is 6.33 Å². The van der Waals surface area contributed by atoms with E-state index in [4.69, 9.17) is 21.8 Å². The highest BCUT2D eigenvalue weighted by Gasteiger charge is 2.15. The molecule has 28 heavy (non-hydrogen) atoms. The molecule has 0 spiro atoms. The van der Waals surface area contributed by atoms with Crippen molar-refractivity contribution in [3.05, 3.63) is 69.9 Å². The second kappa shape index (κ2) is 7.41. The third-order valence-corrected chi connectivity index (χ3v) is 5.69. The van der Waals surface area contributed by atoms with E-state index in [-0.39, 0.29) is 5.02 Å². The van der Waals surface area contributed by atoms with E-state index in [9.17, 15) is 4.39 Å². The molecule has 2 aromatic heterocycles. The molecular weight excluding hydrogens is 447 g/mol. The van der Waals surface area contributed by atoms with Gasteiger partial charge in [0, 0.05) is 22.5 Å². The van der Waals surface area contributed by atoms with Gasteiger partial charge in [0.2, 0.25) is 0 Å². The monoisotopic (exact) mass is 460 g/mol. The van der Waals surface area contributed by atoms with Crippen LogP contribution in [0.1, 0.15) is 5.76 Å². The number of furan rings is 1. The molecule has 2 aromatic carbocycles. The zero-order valence-corrected chi connectivity index (χ0v) is 17.1. The van der Waals surface area contributed by atoms with E-state index in [0.717, 1.165) is 16.5 Å². The first-order chi connectivity index (χ1) is 13.4. The molecule has 0 bridgehead atoms. The second-order valence-corrected chi connectivity index (χ2v) is 7.54. The predicted molar refractivity (Wildman–Crippen MR) is 113 cm³/mol. The summed E-state index contributed by atoms with van der Waals surface area (Å²) in [4.78, 5) is 9.96. The summed E-state index contributed by atoms with van der Waals surface area (Å²) in [7, 11) is 1.78. The molecule has 2 heterocycles. The molecule has 0 saturated carbocycles. The third kappa shape index (κ3) is 3.43. The highest BCUT2D eigenvalue weighted by atomic mass is 79.9. The number of rotatable bonds is 4. The first-order valence-corrected chi connectivity index (χ1v) is 9.55. The zero-order valence-electron chi connectivity index (χ0n) is 14.8. The van der Waals surface area contributed by atoms with Crippen LogP contribution in [-0.2, 0) is 6.54 Å². The number of benzene rings is 2. The summed E-state index contributed by atoms with van der Waals surface area (Å²) >= 11 is 9.20. The summed E-state index contributed by atoms with van der Waals surface area (Å²) in [5.41, 5.74) is 7.96. The van der Waals surface area contributed by atoms with Crippen LogP contribution in [0, 0.1) is 5.82 Å². The maximum Gasteiger partial charge on any atom is 0.166 e. The van der Waals surface area contributed by atoms with Gasteiger partial charge in [-0.2, -0.15) is 0 Å². The minimum Gasteiger partial charge on any atom is -0.459 e. The van der Waals surface area contributed by atoms with Gasteiger partial charge in [0.15, 0.2) is 5.82 Å². The van der Waals surface area contributed by atoms with Gasteiger partial charge in [0.05, 0.1) is 22.8 Å². The van der Waals surface area contributed by atoms with E-state index in [1.807, 2.05) is 30.3 Å². The Morgan fingerprint density at radius 3 is 2.82 bits per heavy atom. The first-order valence-electron chi connectivity index (χ1n) is 8.38. The van der Waals surface area contributed by atoms with Crippen LogP contribution in [0.3, 0.4) is 0 Å². The lowest BCUT2D eigenvalue weighted by Gasteiger charge is -2.19. The van der Waals surface area contributed by atoms with Crippen molar-refractivity contribution in [2.45, 2.75) is 6.54 Å². The van der Waals surface area contributed by atoms with Gasteiger partial charge < -0.3 is 15.1 Å². The number of halogens is 3. The molecular formula is C20H15BrClFN4O. The highest BCUT2D eigenvalue weighted by Crippen LogP contribution is 2.33. The summed E-state index contributed by atoms with van der Waals surface area (Å²) in [6, 6.07) is 12.8. The van der Waals surface area contributed by atoms with Crippen LogP contribution in [-0.4, -0.2) is 17.0 Å². The minimum atomic E-state index is -0.477. The van der Waals surface area contributed by atoms with Gasteiger partial charge in [-0.3, -0.25) is 0 Å². The predicted octanol–water partition coefficient (Wildman–Crippen LogP) is 5.66. The topological polar surface area (TPSA) is 68.2 Å². The van der Waals surface area contributed by atoms with Crippen LogP contribution in [0.4, 0.5) is 15.9 Å². The van der Waals surface area contributed by atoms with Crippen LogP contribution < -0.4 is 10.6 Å². The molecule has 0 saturated heterocycles. The van der Waals surface area contributed by atoms with Gasteiger partial charge in [0.25, 0.3) is 0 Å². The van der Waals surface area contributed by atoms with E-state index >= 15 is 0 Å². The fraction of sp³-hybridized carbons (Fsp3) is 0.100. The Hall–Kier alpha value is -2.64. The molecule has 8 heteroatoms. The third-order valence-electron chi connectivity index (χ3n) is 4.43. The van der Waals surface area contributed by atoms with Crippen molar-refractivity contribution in [2.75, 3.05) is 17.7 Å². The molecule has 4 rings (SSSR count). The van der Waals surface area contributed by atoms with Crippen molar-refractivity contribution in [2.24, 2.45) is 0 Å². The number of hydrogen-bond acceptors (Lipinski definition) is 5. The molecule has 0 unspecified atom stereocenters. The van der Waals surface area contributed by atoms with Crippen LogP contribution in [0.5, 0.6) is 0 Å². The smallest absolute Gasteiger partial charge is 0.166 e. The van der Waals surface area contributed by atoms with Gasteiger partial charge in [-0.1, -0.05) is 11.6 Å². The molecule has 0 amide bonds. The maximum atomic E-state index is 14.4. The average Bonchev–Trinajstić information content (AvgIpc) is 3.14. The largest absolute Gasteiger partial charge is 0.459 e. The van der Waals surface area contributed by atoms with Crippen LogP contribution >= 0.6 is 27.5 Å². The Bertz CT molecular complexity index is 1180. The molecule has 0 aliphatic carbocycles. The average molecular weight is 462 g/mol. The summed E-state index contributed by atoms with van der Waals surface area (Å²) in [5.74, 6) is 1.31. The summed E-state index contributed by atoms with van der Waals surface area (Å²) < 4.78 is 20.9. The second-order valence-electron chi connectivity index (χ2n) is 6.31. The van der Waals surface area contributed by atoms with Gasteiger partial charge in [-0.15, -0.1) is 0 Å². The number of anilines is 2. The zero-order chi connectivity index (χ0) is 19.8. The van der Waals surface area contributed by atoms with E-state index in [2.05, 4.69) is 25.9 Å². The Balaban J connectivity index is 1.60. The van der Waals surface area contributed by atoms with Crippen LogP contribution in [0.15, 0.2) is 57.7 Å². The number of fused-ring (bicyclic) bond motifs is 1. The molecule has 0 radical (unpaired) electrons. The maximum absolute atomic E-state index is 14.4. The number of hydrogen-bond donors (Lipinski definition) is 1. The van der Waals surface area contributed by atoms with Crippen molar-refractivity contribution in [1.29, 1.82) is 0 Å². The Labute approximate surface area is 174 Å². The summed E-state index contributed by atoms with van der Waals surface area (Å²) in [5, 5.41) is 0.821. The SMILES string of the molecule is CN(Cc1ccc(-c2ccc3ncnc(N)c3c2)o1)c1ccc(Br)c(Cl)c1F. The fourth-order valence-corrected chi connectivity index (χ4v) is 3.44.